The zero-order valence-electron chi connectivity index (χ0n) is 17.2. The summed E-state index contributed by atoms with van der Waals surface area (Å²) in [7, 11) is 0. The van der Waals surface area contributed by atoms with Crippen LogP contribution in [0.15, 0.2) is 95.2 Å². The summed E-state index contributed by atoms with van der Waals surface area (Å²) >= 11 is 23.4. The van der Waals surface area contributed by atoms with Crippen molar-refractivity contribution in [2.24, 2.45) is 10.2 Å². The molecule has 0 aliphatic heterocycles. The van der Waals surface area contributed by atoms with Crippen LogP contribution in [0.1, 0.15) is 5.56 Å². The summed E-state index contributed by atoms with van der Waals surface area (Å²) in [5.74, 6) is -0.319. The standard InChI is InChI=1S/C23H20Cl3N5OS/c24-23(25,26)21(28-20(32)15-16-7-3-1-4-8-16)29-22(33)27-17-11-13-19(14-12-17)31-30-18-9-5-2-6-10-18/h1-14,21H,15H2,(H,28,32)(H2,27,29,33)/t21-/m1/s1. The number of hydrogen-bond donors (Lipinski definition) is 3. The quantitative estimate of drug-likeness (QED) is 0.145. The lowest BCUT2D eigenvalue weighted by molar-refractivity contribution is -0.121. The molecule has 0 fully saturated rings. The molecule has 0 aliphatic rings. The highest BCUT2D eigenvalue weighted by Crippen LogP contribution is 2.29. The van der Waals surface area contributed by atoms with E-state index in [0.717, 1.165) is 11.3 Å². The van der Waals surface area contributed by atoms with Crippen molar-refractivity contribution in [2.75, 3.05) is 5.32 Å². The van der Waals surface area contributed by atoms with Crippen LogP contribution in [0.25, 0.3) is 0 Å². The van der Waals surface area contributed by atoms with Crippen LogP contribution in [0.4, 0.5) is 17.1 Å². The van der Waals surface area contributed by atoms with E-state index in [0.29, 0.717) is 11.4 Å². The number of hydrogen-bond acceptors (Lipinski definition) is 4. The fourth-order valence-corrected chi connectivity index (χ4v) is 3.28. The summed E-state index contributed by atoms with van der Waals surface area (Å²) in [4.78, 5) is 12.4. The number of anilines is 1. The Morgan fingerprint density at radius 1 is 0.818 bits per heavy atom. The second kappa shape index (κ2) is 12.0. The van der Waals surface area contributed by atoms with E-state index in [2.05, 4.69) is 26.2 Å². The number of alkyl halides is 3. The fraction of sp³-hybridized carbons (Fsp3) is 0.130. The highest BCUT2D eigenvalue weighted by Gasteiger charge is 2.34. The molecule has 3 aromatic rings. The third-order valence-electron chi connectivity index (χ3n) is 4.28. The molecule has 0 saturated heterocycles. The molecule has 1 atom stereocenters. The summed E-state index contributed by atoms with van der Waals surface area (Å²) in [6.07, 6.45) is -0.906. The summed E-state index contributed by atoms with van der Waals surface area (Å²) in [6, 6.07) is 25.8. The maximum Gasteiger partial charge on any atom is 0.228 e. The summed E-state index contributed by atoms with van der Waals surface area (Å²) in [5, 5.41) is 17.0. The number of carbonyl (C=O) groups excluding carboxylic acids is 1. The molecule has 0 saturated carbocycles. The number of benzene rings is 3. The van der Waals surface area contributed by atoms with Gasteiger partial charge in [0.1, 0.15) is 6.17 Å². The smallest absolute Gasteiger partial charge is 0.228 e. The van der Waals surface area contributed by atoms with Crippen molar-refractivity contribution in [3.05, 3.63) is 90.5 Å². The molecular weight excluding hydrogens is 501 g/mol. The predicted octanol–water partition coefficient (Wildman–Crippen LogP) is 6.44. The Hall–Kier alpha value is -2.71. The second-order valence-corrected chi connectivity index (χ2v) is 9.66. The van der Waals surface area contributed by atoms with E-state index in [4.69, 9.17) is 47.0 Å². The first-order valence-corrected chi connectivity index (χ1v) is 11.4. The molecule has 0 radical (unpaired) electrons. The molecule has 170 valence electrons. The molecule has 3 rings (SSSR count). The molecule has 0 aromatic heterocycles. The summed E-state index contributed by atoms with van der Waals surface area (Å²) in [6.45, 7) is 0. The van der Waals surface area contributed by atoms with Gasteiger partial charge in [0.15, 0.2) is 5.11 Å². The van der Waals surface area contributed by atoms with Gasteiger partial charge >= 0.3 is 0 Å². The normalized spacial score (nSPS) is 12.2. The largest absolute Gasteiger partial charge is 0.339 e. The van der Waals surface area contributed by atoms with Crippen molar-refractivity contribution in [1.29, 1.82) is 0 Å². The number of carbonyl (C=O) groups is 1. The predicted molar refractivity (Wildman–Crippen MR) is 139 cm³/mol. The molecular formula is C23H20Cl3N5OS. The Labute approximate surface area is 212 Å². The molecule has 0 heterocycles. The third-order valence-corrected chi connectivity index (χ3v) is 5.15. The zero-order chi connectivity index (χ0) is 23.7. The zero-order valence-corrected chi connectivity index (χ0v) is 20.3. The molecule has 3 aromatic carbocycles. The van der Waals surface area contributed by atoms with Gasteiger partial charge in [0.2, 0.25) is 9.70 Å². The van der Waals surface area contributed by atoms with E-state index < -0.39 is 9.96 Å². The van der Waals surface area contributed by atoms with Gasteiger partial charge in [-0.15, -0.1) is 0 Å². The molecule has 6 nitrogen and oxygen atoms in total. The van der Waals surface area contributed by atoms with E-state index >= 15 is 0 Å². The van der Waals surface area contributed by atoms with Crippen LogP contribution < -0.4 is 16.0 Å². The minimum atomic E-state index is -1.83. The molecule has 10 heteroatoms. The Balaban J connectivity index is 1.56. The molecule has 0 unspecified atom stereocenters. The van der Waals surface area contributed by atoms with E-state index in [-0.39, 0.29) is 17.4 Å². The van der Waals surface area contributed by atoms with Gasteiger partial charge in [-0.25, -0.2) is 0 Å². The second-order valence-electron chi connectivity index (χ2n) is 6.89. The van der Waals surface area contributed by atoms with E-state index in [1.807, 2.05) is 60.7 Å². The van der Waals surface area contributed by atoms with Crippen molar-refractivity contribution in [1.82, 2.24) is 10.6 Å². The monoisotopic (exact) mass is 519 g/mol. The lowest BCUT2D eigenvalue weighted by Crippen LogP contribution is -2.56. The minimum Gasteiger partial charge on any atom is -0.339 e. The van der Waals surface area contributed by atoms with Gasteiger partial charge in [0, 0.05) is 5.69 Å². The van der Waals surface area contributed by atoms with Gasteiger partial charge in [-0.1, -0.05) is 83.3 Å². The number of azo groups is 1. The molecule has 3 N–H and O–H groups in total. The van der Waals surface area contributed by atoms with Crippen molar-refractivity contribution >= 4 is 75.1 Å². The van der Waals surface area contributed by atoms with E-state index in [1.54, 1.807) is 24.3 Å². The lowest BCUT2D eigenvalue weighted by Gasteiger charge is -2.27. The summed E-state index contributed by atoms with van der Waals surface area (Å²) in [5.41, 5.74) is 2.96. The highest BCUT2D eigenvalue weighted by atomic mass is 35.6. The summed E-state index contributed by atoms with van der Waals surface area (Å²) < 4.78 is -1.83. The molecule has 0 spiro atoms. The van der Waals surface area contributed by atoms with Gasteiger partial charge in [-0.2, -0.15) is 10.2 Å². The Morgan fingerprint density at radius 2 is 1.36 bits per heavy atom. The fourth-order valence-electron chi connectivity index (χ4n) is 2.71. The first-order chi connectivity index (χ1) is 15.8. The number of halogens is 3. The number of nitrogens with zero attached hydrogens (tertiary/aromatic N) is 2. The van der Waals surface area contributed by atoms with Gasteiger partial charge < -0.3 is 16.0 Å². The Bertz CT molecular complexity index is 1090. The van der Waals surface area contributed by atoms with Crippen LogP contribution in [0.5, 0.6) is 0 Å². The maximum atomic E-state index is 12.4. The maximum absolute atomic E-state index is 12.4. The first kappa shape index (κ1) is 24.9. The van der Waals surface area contributed by atoms with Crippen LogP contribution >= 0.6 is 47.0 Å². The minimum absolute atomic E-state index is 0.138. The Morgan fingerprint density at radius 3 is 1.94 bits per heavy atom. The van der Waals surface area contributed by atoms with Crippen molar-refractivity contribution in [2.45, 2.75) is 16.4 Å². The topological polar surface area (TPSA) is 77.9 Å². The van der Waals surface area contributed by atoms with Crippen LogP contribution in [0.3, 0.4) is 0 Å². The van der Waals surface area contributed by atoms with E-state index in [1.165, 1.54) is 0 Å². The SMILES string of the molecule is O=C(Cc1ccccc1)N[C@H](NC(=S)Nc1ccc(N=Nc2ccccc2)cc1)C(Cl)(Cl)Cl. The first-order valence-electron chi connectivity index (χ1n) is 9.84. The van der Waals surface area contributed by atoms with Crippen molar-refractivity contribution < 1.29 is 4.79 Å². The molecule has 1 amide bonds. The number of amides is 1. The van der Waals surface area contributed by atoms with Crippen LogP contribution in [-0.4, -0.2) is 21.0 Å². The molecule has 0 aliphatic carbocycles. The van der Waals surface area contributed by atoms with Crippen LogP contribution in [0, 0.1) is 0 Å². The number of thiocarbonyl (C=S) groups is 1. The average Bonchev–Trinajstić information content (AvgIpc) is 2.79. The van der Waals surface area contributed by atoms with E-state index in [9.17, 15) is 4.79 Å². The lowest BCUT2D eigenvalue weighted by atomic mass is 10.1. The van der Waals surface area contributed by atoms with Crippen molar-refractivity contribution in [3.8, 4) is 0 Å². The van der Waals surface area contributed by atoms with Gasteiger partial charge in [0.25, 0.3) is 0 Å². The van der Waals surface area contributed by atoms with Crippen LogP contribution in [0.2, 0.25) is 0 Å². The van der Waals surface area contributed by atoms with Gasteiger partial charge in [0.05, 0.1) is 17.8 Å². The van der Waals surface area contributed by atoms with Gasteiger partial charge in [-0.05, 0) is 54.2 Å². The van der Waals surface area contributed by atoms with Crippen LogP contribution in [-0.2, 0) is 11.2 Å². The average molecular weight is 521 g/mol. The molecule has 33 heavy (non-hydrogen) atoms. The number of nitrogens with one attached hydrogen (secondary N) is 3. The number of rotatable bonds is 7. The Kier molecular flexibility index (Phi) is 9.03. The third kappa shape index (κ3) is 8.63. The highest BCUT2D eigenvalue weighted by molar-refractivity contribution is 7.80. The van der Waals surface area contributed by atoms with Crippen molar-refractivity contribution in [3.63, 3.8) is 0 Å². The van der Waals surface area contributed by atoms with Gasteiger partial charge in [-0.3, -0.25) is 4.79 Å². The molecule has 0 bridgehead atoms.